The largest absolute Gasteiger partial charge is 0.398 e. The van der Waals surface area contributed by atoms with Crippen molar-refractivity contribution in [3.8, 4) is 0 Å². The first kappa shape index (κ1) is 14.7. The van der Waals surface area contributed by atoms with Crippen LogP contribution >= 0.6 is 27.7 Å². The van der Waals surface area contributed by atoms with Gasteiger partial charge in [0, 0.05) is 41.2 Å². The number of nitrogens with zero attached hydrogens (tertiary/aromatic N) is 1. The van der Waals surface area contributed by atoms with Gasteiger partial charge < -0.3 is 16.0 Å². The summed E-state index contributed by atoms with van der Waals surface area (Å²) in [5.74, 6) is 0.186. The van der Waals surface area contributed by atoms with Crippen LogP contribution in [0.1, 0.15) is 6.92 Å². The molecule has 19 heavy (non-hydrogen) atoms. The topological polar surface area (TPSA) is 58.4 Å². The Kier molecular flexibility index (Phi) is 5.13. The lowest BCUT2D eigenvalue weighted by atomic mass is 10.3. The molecule has 1 aromatic rings. The fourth-order valence-corrected chi connectivity index (χ4v) is 3.54. The molecular formula is C13H18BrN3OS. The lowest BCUT2D eigenvalue weighted by Crippen LogP contribution is -2.48. The van der Waals surface area contributed by atoms with Crippen molar-refractivity contribution in [3.63, 3.8) is 0 Å². The summed E-state index contributed by atoms with van der Waals surface area (Å²) < 4.78 is 0.978. The van der Waals surface area contributed by atoms with Crippen LogP contribution in [0.2, 0.25) is 0 Å². The number of nitrogens with one attached hydrogen (secondary N) is 1. The summed E-state index contributed by atoms with van der Waals surface area (Å²) in [4.78, 5) is 15.2. The van der Waals surface area contributed by atoms with Gasteiger partial charge in [-0.25, -0.2) is 0 Å². The minimum Gasteiger partial charge on any atom is -0.398 e. The van der Waals surface area contributed by atoms with Crippen molar-refractivity contribution in [2.24, 2.45) is 0 Å². The first-order valence-electron chi connectivity index (χ1n) is 6.29. The predicted octanol–water partition coefficient (Wildman–Crippen LogP) is 1.94. The number of rotatable bonds is 3. The first-order valence-corrected chi connectivity index (χ1v) is 7.96. The number of benzene rings is 1. The van der Waals surface area contributed by atoms with E-state index in [2.05, 4.69) is 21.2 Å². The zero-order valence-corrected chi connectivity index (χ0v) is 13.3. The highest BCUT2D eigenvalue weighted by Crippen LogP contribution is 2.32. The highest BCUT2D eigenvalue weighted by Gasteiger charge is 2.23. The molecule has 1 saturated heterocycles. The molecule has 1 aliphatic rings. The normalized spacial score (nSPS) is 17.3. The van der Waals surface area contributed by atoms with E-state index in [4.69, 9.17) is 5.73 Å². The number of carbonyl (C=O) groups is 1. The molecule has 1 aliphatic heterocycles. The number of carbonyl (C=O) groups excluding carboxylic acids is 1. The molecule has 0 radical (unpaired) electrons. The quantitative estimate of drug-likeness (QED) is 0.650. The van der Waals surface area contributed by atoms with Gasteiger partial charge in [-0.15, -0.1) is 11.8 Å². The van der Waals surface area contributed by atoms with Crippen LogP contribution in [0, 0.1) is 0 Å². The van der Waals surface area contributed by atoms with Gasteiger partial charge in [0.15, 0.2) is 0 Å². The van der Waals surface area contributed by atoms with Crippen molar-refractivity contribution in [3.05, 3.63) is 22.7 Å². The van der Waals surface area contributed by atoms with E-state index in [0.717, 1.165) is 35.5 Å². The average Bonchev–Trinajstić information content (AvgIpc) is 2.43. The molecule has 0 aliphatic carbocycles. The summed E-state index contributed by atoms with van der Waals surface area (Å²) >= 11 is 4.95. The van der Waals surface area contributed by atoms with Gasteiger partial charge in [0.1, 0.15) is 0 Å². The minimum atomic E-state index is -0.116. The molecule has 4 nitrogen and oxygen atoms in total. The Hall–Kier alpha value is -0.720. The maximum Gasteiger partial charge on any atom is 0.235 e. The highest BCUT2D eigenvalue weighted by atomic mass is 79.9. The second-order valence-corrected chi connectivity index (χ2v) is 6.82. The van der Waals surface area contributed by atoms with Crippen molar-refractivity contribution in [2.75, 3.05) is 31.9 Å². The van der Waals surface area contributed by atoms with Crippen molar-refractivity contribution >= 4 is 39.3 Å². The smallest absolute Gasteiger partial charge is 0.235 e. The fraction of sp³-hybridized carbons (Fsp3) is 0.462. The summed E-state index contributed by atoms with van der Waals surface area (Å²) in [5, 5.41) is 3.13. The molecule has 3 N–H and O–H groups in total. The molecule has 0 spiro atoms. The van der Waals surface area contributed by atoms with E-state index in [0.29, 0.717) is 5.69 Å². The van der Waals surface area contributed by atoms with Crippen LogP contribution in [-0.4, -0.2) is 42.2 Å². The van der Waals surface area contributed by atoms with E-state index >= 15 is 0 Å². The van der Waals surface area contributed by atoms with E-state index in [1.807, 2.05) is 30.0 Å². The van der Waals surface area contributed by atoms with Crippen LogP contribution < -0.4 is 11.1 Å². The molecule has 1 amide bonds. The summed E-state index contributed by atoms with van der Waals surface area (Å²) in [6, 6.07) is 5.72. The molecule has 2 rings (SSSR count). The minimum absolute atomic E-state index is 0.116. The summed E-state index contributed by atoms with van der Waals surface area (Å²) in [6.45, 7) is 5.27. The third-order valence-electron chi connectivity index (χ3n) is 3.06. The summed E-state index contributed by atoms with van der Waals surface area (Å²) in [5.41, 5.74) is 6.66. The molecule has 1 heterocycles. The first-order chi connectivity index (χ1) is 9.08. The molecule has 1 aromatic carbocycles. The zero-order chi connectivity index (χ0) is 13.8. The Bertz CT molecular complexity index is 463. The van der Waals surface area contributed by atoms with Crippen molar-refractivity contribution in [2.45, 2.75) is 17.1 Å². The van der Waals surface area contributed by atoms with E-state index in [9.17, 15) is 4.79 Å². The molecule has 0 saturated carbocycles. The van der Waals surface area contributed by atoms with Crippen LogP contribution in [0.4, 0.5) is 5.69 Å². The second kappa shape index (κ2) is 6.63. The summed E-state index contributed by atoms with van der Waals surface area (Å²) in [6.07, 6.45) is 0. The molecule has 1 fully saturated rings. The van der Waals surface area contributed by atoms with Gasteiger partial charge in [-0.05, 0) is 25.1 Å². The standard InChI is InChI=1S/C13H18BrN3OS/c1-9(13(18)17-6-4-16-5-7-17)19-12-8-10(14)2-3-11(12)15/h2-3,8-9,16H,4-7,15H2,1H3. The summed E-state index contributed by atoms with van der Waals surface area (Å²) in [7, 11) is 0. The molecule has 1 atom stereocenters. The number of nitrogens with two attached hydrogens (primary N) is 1. The van der Waals surface area contributed by atoms with Crippen LogP contribution in [0.25, 0.3) is 0 Å². The lowest BCUT2D eigenvalue weighted by molar-refractivity contribution is -0.130. The fourth-order valence-electron chi connectivity index (χ4n) is 1.99. The Balaban J connectivity index is 2.01. The third-order valence-corrected chi connectivity index (χ3v) is 4.71. The van der Waals surface area contributed by atoms with Crippen molar-refractivity contribution in [1.29, 1.82) is 0 Å². The van der Waals surface area contributed by atoms with Crippen LogP contribution in [0.5, 0.6) is 0 Å². The van der Waals surface area contributed by atoms with Gasteiger partial charge in [-0.2, -0.15) is 0 Å². The van der Waals surface area contributed by atoms with Crippen LogP contribution in [0.3, 0.4) is 0 Å². The Morgan fingerprint density at radius 2 is 2.16 bits per heavy atom. The molecule has 6 heteroatoms. The van der Waals surface area contributed by atoms with Crippen LogP contribution in [-0.2, 0) is 4.79 Å². The molecule has 1 unspecified atom stereocenters. The van der Waals surface area contributed by atoms with Gasteiger partial charge >= 0.3 is 0 Å². The molecule has 0 aromatic heterocycles. The monoisotopic (exact) mass is 343 g/mol. The zero-order valence-electron chi connectivity index (χ0n) is 10.9. The molecular weight excluding hydrogens is 326 g/mol. The predicted molar refractivity (Wildman–Crippen MR) is 83.3 cm³/mol. The second-order valence-electron chi connectivity index (χ2n) is 4.52. The third kappa shape index (κ3) is 3.87. The van der Waals surface area contributed by atoms with E-state index in [1.165, 1.54) is 11.8 Å². The number of nitrogen functional groups attached to an aromatic ring is 1. The van der Waals surface area contributed by atoms with E-state index < -0.39 is 0 Å². The lowest BCUT2D eigenvalue weighted by Gasteiger charge is -2.29. The Morgan fingerprint density at radius 1 is 1.47 bits per heavy atom. The van der Waals surface area contributed by atoms with E-state index in [-0.39, 0.29) is 11.2 Å². The Labute approximate surface area is 126 Å². The SMILES string of the molecule is CC(Sc1cc(Br)ccc1N)C(=O)N1CCNCC1. The van der Waals surface area contributed by atoms with Crippen molar-refractivity contribution < 1.29 is 4.79 Å². The number of amides is 1. The Morgan fingerprint density at radius 3 is 2.84 bits per heavy atom. The van der Waals surface area contributed by atoms with Crippen molar-refractivity contribution in [1.82, 2.24) is 10.2 Å². The highest BCUT2D eigenvalue weighted by molar-refractivity contribution is 9.10. The number of piperazine rings is 1. The van der Waals surface area contributed by atoms with Crippen LogP contribution in [0.15, 0.2) is 27.6 Å². The molecule has 0 bridgehead atoms. The maximum atomic E-state index is 12.3. The number of halogens is 1. The maximum absolute atomic E-state index is 12.3. The number of hydrogen-bond acceptors (Lipinski definition) is 4. The van der Waals surface area contributed by atoms with Gasteiger partial charge in [0.25, 0.3) is 0 Å². The number of hydrogen-bond donors (Lipinski definition) is 2. The molecule has 104 valence electrons. The van der Waals surface area contributed by atoms with Gasteiger partial charge in [-0.3, -0.25) is 4.79 Å². The average molecular weight is 344 g/mol. The number of thioether (sulfide) groups is 1. The van der Waals surface area contributed by atoms with Gasteiger partial charge in [0.2, 0.25) is 5.91 Å². The van der Waals surface area contributed by atoms with Gasteiger partial charge in [0.05, 0.1) is 5.25 Å². The number of anilines is 1. The van der Waals surface area contributed by atoms with Gasteiger partial charge in [-0.1, -0.05) is 15.9 Å². The van der Waals surface area contributed by atoms with E-state index in [1.54, 1.807) is 0 Å².